The summed E-state index contributed by atoms with van der Waals surface area (Å²) in [6.45, 7) is 16.0. The summed E-state index contributed by atoms with van der Waals surface area (Å²) < 4.78 is 0. The van der Waals surface area contributed by atoms with Crippen LogP contribution in [0.3, 0.4) is 0 Å². The fourth-order valence-electron chi connectivity index (χ4n) is 5.87. The van der Waals surface area contributed by atoms with Crippen LogP contribution in [0.4, 0.5) is 0 Å². The monoisotopic (exact) mass is 598 g/mol. The molecule has 3 nitrogen and oxygen atoms in total. The van der Waals surface area contributed by atoms with Crippen LogP contribution in [0, 0.1) is 5.92 Å². The van der Waals surface area contributed by atoms with E-state index >= 15 is 0 Å². The minimum absolute atomic E-state index is 0.536. The van der Waals surface area contributed by atoms with Gasteiger partial charge in [-0.05, 0) is 73.3 Å². The van der Waals surface area contributed by atoms with Gasteiger partial charge in [0.05, 0.1) is 11.4 Å². The zero-order valence-corrected chi connectivity index (χ0v) is 29.5. The minimum atomic E-state index is 0.536. The first-order chi connectivity index (χ1) is 21.9. The van der Waals surface area contributed by atoms with Crippen molar-refractivity contribution in [2.75, 3.05) is 0 Å². The Morgan fingerprint density at radius 2 is 1.11 bits per heavy atom. The van der Waals surface area contributed by atoms with Gasteiger partial charge >= 0.3 is 0 Å². The van der Waals surface area contributed by atoms with Gasteiger partial charge in [0.1, 0.15) is 0 Å². The molecule has 3 aliphatic rings. The molecule has 3 aromatic rings. The second-order valence-electron chi connectivity index (χ2n) is 10.3. The lowest BCUT2D eigenvalue weighted by Crippen LogP contribution is -2.26. The Morgan fingerprint density at radius 3 is 1.75 bits per heavy atom. The number of fused-ring (bicyclic) bond motifs is 2. The van der Waals surface area contributed by atoms with Crippen LogP contribution in [0.25, 0.3) is 11.3 Å². The van der Waals surface area contributed by atoms with Crippen LogP contribution in [-0.2, 0) is 12.8 Å². The van der Waals surface area contributed by atoms with E-state index in [2.05, 4.69) is 88.4 Å². The van der Waals surface area contributed by atoms with Crippen LogP contribution in [0.1, 0.15) is 136 Å². The SMILES string of the molecule is C1=C2CCCCCCC2C(c2ccccc2)=NN1.CC.CC.CC.CC.c1ccc(-c2nccc3c2CCCCCC3)cc1. The summed E-state index contributed by atoms with van der Waals surface area (Å²) in [5, 5.41) is 4.55. The van der Waals surface area contributed by atoms with Crippen LogP contribution < -0.4 is 5.43 Å². The molecule has 2 heterocycles. The molecule has 1 atom stereocenters. The molecule has 6 rings (SSSR count). The minimum Gasteiger partial charge on any atom is -0.286 e. The maximum Gasteiger partial charge on any atom is 0.0751 e. The molecule has 2 aliphatic carbocycles. The largest absolute Gasteiger partial charge is 0.286 e. The third kappa shape index (κ3) is 12.4. The Kier molecular flexibility index (Phi) is 22.2. The molecule has 0 spiro atoms. The summed E-state index contributed by atoms with van der Waals surface area (Å²) in [5.74, 6) is 0.536. The fourth-order valence-corrected chi connectivity index (χ4v) is 5.87. The molecule has 1 N–H and O–H groups in total. The highest BCUT2D eigenvalue weighted by Crippen LogP contribution is 2.32. The van der Waals surface area contributed by atoms with Crippen LogP contribution in [0.5, 0.6) is 0 Å². The van der Waals surface area contributed by atoms with Crippen molar-refractivity contribution in [2.45, 2.75) is 132 Å². The van der Waals surface area contributed by atoms with Gasteiger partial charge in [-0.2, -0.15) is 5.10 Å². The van der Waals surface area contributed by atoms with Crippen molar-refractivity contribution in [3.8, 4) is 11.3 Å². The Hall–Kier alpha value is -3.20. The number of aromatic nitrogens is 1. The molecule has 0 amide bonds. The van der Waals surface area contributed by atoms with Gasteiger partial charge < -0.3 is 0 Å². The lowest BCUT2D eigenvalue weighted by Gasteiger charge is -2.27. The van der Waals surface area contributed by atoms with Gasteiger partial charge in [0, 0.05) is 23.9 Å². The number of rotatable bonds is 2. The highest BCUT2D eigenvalue weighted by atomic mass is 15.3. The number of allylic oxidation sites excluding steroid dienone is 1. The summed E-state index contributed by atoms with van der Waals surface area (Å²) in [4.78, 5) is 4.63. The molecule has 1 unspecified atom stereocenters. The summed E-state index contributed by atoms with van der Waals surface area (Å²) in [7, 11) is 0. The Labute approximate surface area is 271 Å². The molecule has 2 aromatic carbocycles. The van der Waals surface area contributed by atoms with Crippen molar-refractivity contribution >= 4 is 5.71 Å². The van der Waals surface area contributed by atoms with Crippen molar-refractivity contribution in [2.24, 2.45) is 11.0 Å². The fraction of sp³-hybridized carbons (Fsp3) is 0.512. The highest BCUT2D eigenvalue weighted by molar-refractivity contribution is 6.04. The molecular formula is C41H63N3. The molecule has 44 heavy (non-hydrogen) atoms. The van der Waals surface area contributed by atoms with E-state index in [1.165, 1.54) is 111 Å². The maximum atomic E-state index is 4.63. The first-order valence-electron chi connectivity index (χ1n) is 18.0. The van der Waals surface area contributed by atoms with Crippen molar-refractivity contribution < 1.29 is 0 Å². The van der Waals surface area contributed by atoms with Gasteiger partial charge in [-0.25, -0.2) is 0 Å². The molecule has 0 radical (unpaired) electrons. The number of hydrogen-bond acceptors (Lipinski definition) is 3. The van der Waals surface area contributed by atoms with Gasteiger partial charge in [0.2, 0.25) is 0 Å². The Morgan fingerprint density at radius 1 is 0.568 bits per heavy atom. The lowest BCUT2D eigenvalue weighted by atomic mass is 9.81. The van der Waals surface area contributed by atoms with Gasteiger partial charge in [0.25, 0.3) is 0 Å². The molecule has 1 aliphatic heterocycles. The standard InChI is InChI=1S/C17H19N.C16H20N2.4C2H6/c1-2-7-11-16-14(8-4-1)12-13-18-17(16)15-9-5-3-6-10-15;1-2-7-11-15-14(10-4-1)12-17-18-16(15)13-8-5-3-6-9-13;4*1-2/h3,5-6,9-10,12-13H,1-2,4,7-8,11H2;3,5-6,8-9,12,15,17H,1-2,4,7,10-11H2;4*1-2H3. The van der Waals surface area contributed by atoms with E-state index in [1.54, 1.807) is 5.57 Å². The number of hydrogen-bond donors (Lipinski definition) is 1. The number of benzene rings is 2. The van der Waals surface area contributed by atoms with Crippen molar-refractivity contribution in [3.63, 3.8) is 0 Å². The molecule has 0 bridgehead atoms. The van der Waals surface area contributed by atoms with Crippen molar-refractivity contribution in [1.29, 1.82) is 0 Å². The molecule has 3 heteroatoms. The number of hydrazone groups is 1. The Bertz CT molecular complexity index is 1160. The van der Waals surface area contributed by atoms with Gasteiger partial charge in [-0.1, -0.05) is 148 Å². The average molecular weight is 598 g/mol. The van der Waals surface area contributed by atoms with Gasteiger partial charge in [0.15, 0.2) is 0 Å². The highest BCUT2D eigenvalue weighted by Gasteiger charge is 2.25. The van der Waals surface area contributed by atoms with Crippen LogP contribution >= 0.6 is 0 Å². The van der Waals surface area contributed by atoms with Crippen LogP contribution in [0.2, 0.25) is 0 Å². The summed E-state index contributed by atoms with van der Waals surface area (Å²) in [6.07, 6.45) is 19.8. The van der Waals surface area contributed by atoms with E-state index in [0.29, 0.717) is 5.92 Å². The quantitative estimate of drug-likeness (QED) is 0.319. The topological polar surface area (TPSA) is 37.3 Å². The van der Waals surface area contributed by atoms with Gasteiger partial charge in [-0.3, -0.25) is 10.4 Å². The zero-order valence-electron chi connectivity index (χ0n) is 29.5. The predicted octanol–water partition coefficient (Wildman–Crippen LogP) is 12.4. The second kappa shape index (κ2) is 25.2. The van der Waals surface area contributed by atoms with Crippen LogP contribution in [-0.4, -0.2) is 10.7 Å². The van der Waals surface area contributed by atoms with Crippen molar-refractivity contribution in [1.82, 2.24) is 10.4 Å². The zero-order chi connectivity index (χ0) is 32.4. The average Bonchev–Trinajstić information content (AvgIpc) is 3.10. The number of nitrogens with one attached hydrogen (secondary N) is 1. The van der Waals surface area contributed by atoms with E-state index in [0.717, 1.165) is 0 Å². The molecular weight excluding hydrogens is 534 g/mol. The third-order valence-corrected chi connectivity index (χ3v) is 7.81. The maximum absolute atomic E-state index is 4.63. The summed E-state index contributed by atoms with van der Waals surface area (Å²) >= 11 is 0. The van der Waals surface area contributed by atoms with Crippen LogP contribution in [0.15, 0.2) is 89.8 Å². The molecule has 0 saturated heterocycles. The van der Waals surface area contributed by atoms with E-state index in [4.69, 9.17) is 0 Å². The first kappa shape index (κ1) is 38.8. The molecule has 1 fully saturated rings. The smallest absolute Gasteiger partial charge is 0.0751 e. The normalized spacial score (nSPS) is 16.7. The van der Waals surface area contributed by atoms with E-state index in [1.807, 2.05) is 61.6 Å². The van der Waals surface area contributed by atoms with Gasteiger partial charge in [-0.15, -0.1) is 0 Å². The predicted molar refractivity (Wildman–Crippen MR) is 196 cm³/mol. The second-order valence-corrected chi connectivity index (χ2v) is 10.3. The summed E-state index contributed by atoms with van der Waals surface area (Å²) in [6, 6.07) is 23.4. The van der Waals surface area contributed by atoms with E-state index < -0.39 is 0 Å². The molecule has 242 valence electrons. The summed E-state index contributed by atoms with van der Waals surface area (Å²) in [5.41, 5.74) is 12.6. The molecule has 1 aromatic heterocycles. The molecule has 1 saturated carbocycles. The number of nitrogens with zero attached hydrogens (tertiary/aromatic N) is 2. The van der Waals surface area contributed by atoms with Crippen molar-refractivity contribution in [3.05, 3.63) is 101 Å². The third-order valence-electron chi connectivity index (χ3n) is 7.81. The Balaban J connectivity index is 0.000000359. The lowest BCUT2D eigenvalue weighted by molar-refractivity contribution is 0.518. The number of aryl methyl sites for hydroxylation is 1. The van der Waals surface area contributed by atoms with E-state index in [9.17, 15) is 0 Å². The first-order valence-corrected chi connectivity index (χ1v) is 18.0. The van der Waals surface area contributed by atoms with E-state index in [-0.39, 0.29) is 0 Å². The number of pyridine rings is 1.